The van der Waals surface area contributed by atoms with Crippen molar-refractivity contribution in [2.75, 3.05) is 7.11 Å². The van der Waals surface area contributed by atoms with Gasteiger partial charge in [-0.25, -0.2) is 9.59 Å². The number of aryl methyl sites for hydroxylation is 2. The van der Waals surface area contributed by atoms with Crippen LogP contribution in [0, 0.1) is 6.92 Å². The summed E-state index contributed by atoms with van der Waals surface area (Å²) in [6.07, 6.45) is 0. The van der Waals surface area contributed by atoms with Crippen LogP contribution in [0.25, 0.3) is 11.3 Å². The van der Waals surface area contributed by atoms with E-state index < -0.39 is 11.9 Å². The van der Waals surface area contributed by atoms with E-state index in [0.29, 0.717) is 22.5 Å². The number of aromatic carboxylic acids is 1. The van der Waals surface area contributed by atoms with E-state index in [1.807, 2.05) is 0 Å². The molecule has 1 N–H and O–H groups in total. The minimum atomic E-state index is -1.03. The molecule has 20 heavy (non-hydrogen) atoms. The molecular weight excluding hydrogens is 260 g/mol. The van der Waals surface area contributed by atoms with Gasteiger partial charge in [-0.3, -0.25) is 4.68 Å². The third kappa shape index (κ3) is 2.27. The Morgan fingerprint density at radius 1 is 1.25 bits per heavy atom. The van der Waals surface area contributed by atoms with E-state index in [1.54, 1.807) is 38.2 Å². The topological polar surface area (TPSA) is 81.4 Å². The molecule has 6 heteroatoms. The molecule has 0 fully saturated rings. The van der Waals surface area contributed by atoms with E-state index in [2.05, 4.69) is 9.84 Å². The number of carbonyl (C=O) groups excluding carboxylic acids is 1. The molecule has 0 radical (unpaired) electrons. The summed E-state index contributed by atoms with van der Waals surface area (Å²) in [4.78, 5) is 22.7. The second-order valence-corrected chi connectivity index (χ2v) is 4.31. The highest BCUT2D eigenvalue weighted by molar-refractivity contribution is 5.96. The quantitative estimate of drug-likeness (QED) is 0.864. The van der Waals surface area contributed by atoms with Crippen molar-refractivity contribution in [3.8, 4) is 11.3 Å². The van der Waals surface area contributed by atoms with E-state index in [4.69, 9.17) is 0 Å². The maximum Gasteiger partial charge on any atom is 0.339 e. The Bertz CT molecular complexity index is 671. The first-order valence-corrected chi connectivity index (χ1v) is 5.91. The van der Waals surface area contributed by atoms with Crippen LogP contribution in [0.2, 0.25) is 0 Å². The number of ether oxygens (including phenoxy) is 1. The second-order valence-electron chi connectivity index (χ2n) is 4.31. The third-order valence-electron chi connectivity index (χ3n) is 3.02. The third-order valence-corrected chi connectivity index (χ3v) is 3.02. The summed E-state index contributed by atoms with van der Waals surface area (Å²) in [6.45, 7) is 1.65. The normalized spacial score (nSPS) is 10.3. The Morgan fingerprint density at radius 3 is 2.35 bits per heavy atom. The summed E-state index contributed by atoms with van der Waals surface area (Å²) in [5.41, 5.74) is 2.21. The molecule has 104 valence electrons. The Balaban J connectivity index is 2.52. The molecule has 0 saturated heterocycles. The van der Waals surface area contributed by atoms with Gasteiger partial charge in [-0.05, 0) is 19.1 Å². The predicted octanol–water partition coefficient (Wildman–Crippen LogP) is 1.88. The molecule has 2 rings (SSSR count). The SMILES string of the molecule is COC(=O)c1ccc(-c2c(C(=O)O)c(C)nn2C)cc1. The molecular formula is C14H14N2O4. The largest absolute Gasteiger partial charge is 0.478 e. The van der Waals surface area contributed by atoms with Crippen LogP contribution < -0.4 is 0 Å². The number of carboxylic acid groups (broad SMARTS) is 1. The highest BCUT2D eigenvalue weighted by Crippen LogP contribution is 2.26. The molecule has 1 aromatic heterocycles. The van der Waals surface area contributed by atoms with Gasteiger partial charge in [0.1, 0.15) is 5.56 Å². The van der Waals surface area contributed by atoms with Crippen molar-refractivity contribution in [2.24, 2.45) is 7.05 Å². The molecule has 6 nitrogen and oxygen atoms in total. The van der Waals surface area contributed by atoms with Crippen LogP contribution in [0.5, 0.6) is 0 Å². The lowest BCUT2D eigenvalue weighted by Gasteiger charge is -2.05. The fraction of sp³-hybridized carbons (Fsp3) is 0.214. The molecule has 1 heterocycles. The number of hydrogen-bond donors (Lipinski definition) is 1. The summed E-state index contributed by atoms with van der Waals surface area (Å²) in [5.74, 6) is -1.46. The Labute approximate surface area is 115 Å². The average molecular weight is 274 g/mol. The summed E-state index contributed by atoms with van der Waals surface area (Å²) in [5, 5.41) is 13.4. The van der Waals surface area contributed by atoms with Gasteiger partial charge in [0, 0.05) is 12.6 Å². The van der Waals surface area contributed by atoms with E-state index >= 15 is 0 Å². The zero-order valence-electron chi connectivity index (χ0n) is 11.4. The molecule has 1 aromatic carbocycles. The number of hydrogen-bond acceptors (Lipinski definition) is 4. The summed E-state index contributed by atoms with van der Waals surface area (Å²) >= 11 is 0. The zero-order chi connectivity index (χ0) is 14.9. The molecule has 0 spiro atoms. The summed E-state index contributed by atoms with van der Waals surface area (Å²) in [7, 11) is 2.99. The Kier molecular flexibility index (Phi) is 3.56. The van der Waals surface area contributed by atoms with Gasteiger partial charge in [-0.15, -0.1) is 0 Å². The molecule has 0 aliphatic rings. The fourth-order valence-electron chi connectivity index (χ4n) is 2.13. The van der Waals surface area contributed by atoms with E-state index in [9.17, 15) is 14.7 Å². The number of aromatic nitrogens is 2. The molecule has 0 unspecified atom stereocenters. The van der Waals surface area contributed by atoms with Crippen LogP contribution in [0.3, 0.4) is 0 Å². The van der Waals surface area contributed by atoms with Gasteiger partial charge in [0.15, 0.2) is 0 Å². The van der Waals surface area contributed by atoms with Crippen LogP contribution in [-0.4, -0.2) is 33.9 Å². The standard InChI is InChI=1S/C14H14N2O4/c1-8-11(13(17)18)12(16(2)15-8)9-4-6-10(7-5-9)14(19)20-3/h4-7H,1-3H3,(H,17,18). The smallest absolute Gasteiger partial charge is 0.339 e. The van der Waals surface area contributed by atoms with Crippen molar-refractivity contribution < 1.29 is 19.4 Å². The van der Waals surface area contributed by atoms with Gasteiger partial charge in [-0.2, -0.15) is 5.10 Å². The van der Waals surface area contributed by atoms with Crippen LogP contribution >= 0.6 is 0 Å². The van der Waals surface area contributed by atoms with Crippen molar-refractivity contribution in [3.05, 3.63) is 41.1 Å². The van der Waals surface area contributed by atoms with Crippen LogP contribution in [0.15, 0.2) is 24.3 Å². The number of esters is 1. The molecule has 0 amide bonds. The van der Waals surface area contributed by atoms with Gasteiger partial charge < -0.3 is 9.84 Å². The Morgan fingerprint density at radius 2 is 1.85 bits per heavy atom. The highest BCUT2D eigenvalue weighted by atomic mass is 16.5. The predicted molar refractivity (Wildman–Crippen MR) is 71.7 cm³/mol. The molecule has 0 bridgehead atoms. The van der Waals surface area contributed by atoms with Crippen LogP contribution in [0.1, 0.15) is 26.4 Å². The van der Waals surface area contributed by atoms with Gasteiger partial charge in [-0.1, -0.05) is 12.1 Å². The first kappa shape index (κ1) is 13.8. The van der Waals surface area contributed by atoms with E-state index in [-0.39, 0.29) is 5.56 Å². The van der Waals surface area contributed by atoms with Gasteiger partial charge in [0.05, 0.1) is 24.1 Å². The first-order valence-electron chi connectivity index (χ1n) is 5.91. The van der Waals surface area contributed by atoms with Crippen molar-refractivity contribution in [3.63, 3.8) is 0 Å². The van der Waals surface area contributed by atoms with Crippen molar-refractivity contribution in [1.82, 2.24) is 9.78 Å². The molecule has 0 aliphatic carbocycles. The van der Waals surface area contributed by atoms with Gasteiger partial charge in [0.25, 0.3) is 0 Å². The average Bonchev–Trinajstić information content (AvgIpc) is 2.72. The summed E-state index contributed by atoms with van der Waals surface area (Å²) < 4.78 is 6.14. The lowest BCUT2D eigenvalue weighted by molar-refractivity contribution is 0.0599. The number of nitrogens with zero attached hydrogens (tertiary/aromatic N) is 2. The monoisotopic (exact) mass is 274 g/mol. The van der Waals surface area contributed by atoms with E-state index in [1.165, 1.54) is 11.8 Å². The molecule has 0 aliphatic heterocycles. The van der Waals surface area contributed by atoms with Gasteiger partial charge in [0.2, 0.25) is 0 Å². The highest BCUT2D eigenvalue weighted by Gasteiger charge is 2.20. The lowest BCUT2D eigenvalue weighted by Crippen LogP contribution is -2.03. The van der Waals surface area contributed by atoms with Crippen molar-refractivity contribution in [2.45, 2.75) is 6.92 Å². The van der Waals surface area contributed by atoms with Gasteiger partial charge >= 0.3 is 11.9 Å². The fourth-order valence-corrected chi connectivity index (χ4v) is 2.13. The van der Waals surface area contributed by atoms with Crippen LogP contribution in [-0.2, 0) is 11.8 Å². The lowest BCUT2D eigenvalue weighted by atomic mass is 10.0. The summed E-state index contributed by atoms with van der Waals surface area (Å²) in [6, 6.07) is 6.54. The molecule has 0 saturated carbocycles. The number of methoxy groups -OCH3 is 1. The second kappa shape index (κ2) is 5.16. The molecule has 2 aromatic rings. The number of rotatable bonds is 3. The van der Waals surface area contributed by atoms with Crippen molar-refractivity contribution in [1.29, 1.82) is 0 Å². The number of benzene rings is 1. The van der Waals surface area contributed by atoms with E-state index in [0.717, 1.165) is 0 Å². The maximum atomic E-state index is 11.4. The first-order chi connectivity index (χ1) is 9.45. The number of carboxylic acids is 1. The minimum absolute atomic E-state index is 0.165. The van der Waals surface area contributed by atoms with Crippen molar-refractivity contribution >= 4 is 11.9 Å². The Hall–Kier alpha value is -2.63. The zero-order valence-corrected chi connectivity index (χ0v) is 11.4. The molecule has 0 atom stereocenters. The number of carbonyl (C=O) groups is 2. The minimum Gasteiger partial charge on any atom is -0.478 e. The maximum absolute atomic E-state index is 11.4. The van der Waals surface area contributed by atoms with Crippen LogP contribution in [0.4, 0.5) is 0 Å².